The molecule has 3 aromatic rings. The molecular formula is C17H19ClN4O3. The number of halogens is 1. The smallest absolute Gasteiger partial charge is 0.254 e. The largest absolute Gasteiger partial charge is 0.476 e. The second kappa shape index (κ2) is 7.57. The molecule has 0 saturated carbocycles. The van der Waals surface area contributed by atoms with Gasteiger partial charge in [0.05, 0.1) is 24.2 Å². The Hall–Kier alpha value is -2.54. The summed E-state index contributed by atoms with van der Waals surface area (Å²) in [7, 11) is 1.74. The summed E-state index contributed by atoms with van der Waals surface area (Å²) in [5, 5.41) is 4.42. The lowest BCUT2D eigenvalue weighted by molar-refractivity contribution is -0.130. The summed E-state index contributed by atoms with van der Waals surface area (Å²) in [6, 6.07) is 7.16. The van der Waals surface area contributed by atoms with Crippen molar-refractivity contribution in [1.82, 2.24) is 20.0 Å². The van der Waals surface area contributed by atoms with Crippen LogP contribution < -0.4 is 4.74 Å². The van der Waals surface area contributed by atoms with Gasteiger partial charge in [-0.15, -0.1) is 0 Å². The van der Waals surface area contributed by atoms with Crippen molar-refractivity contribution in [3.8, 4) is 5.88 Å². The van der Waals surface area contributed by atoms with E-state index < -0.39 is 0 Å². The SMILES string of the molecule is CCOc1cc(CCC(=O)N(C)Cc2nc3ccc(Cl)cc3[nH]2)on1. The van der Waals surface area contributed by atoms with Gasteiger partial charge >= 0.3 is 0 Å². The Bertz CT molecular complexity index is 874. The molecule has 1 amide bonds. The van der Waals surface area contributed by atoms with Gasteiger partial charge in [0.15, 0.2) is 0 Å². The van der Waals surface area contributed by atoms with E-state index in [-0.39, 0.29) is 5.91 Å². The van der Waals surface area contributed by atoms with Gasteiger partial charge in [-0.25, -0.2) is 4.98 Å². The fourth-order valence-corrected chi connectivity index (χ4v) is 2.64. The van der Waals surface area contributed by atoms with Gasteiger partial charge in [-0.05, 0) is 30.3 Å². The maximum absolute atomic E-state index is 12.3. The van der Waals surface area contributed by atoms with E-state index in [0.717, 1.165) is 11.0 Å². The molecule has 0 fully saturated rings. The Balaban J connectivity index is 1.55. The number of nitrogens with one attached hydrogen (secondary N) is 1. The predicted molar refractivity (Wildman–Crippen MR) is 93.6 cm³/mol. The summed E-state index contributed by atoms with van der Waals surface area (Å²) in [4.78, 5) is 21.6. The maximum atomic E-state index is 12.3. The molecule has 2 heterocycles. The van der Waals surface area contributed by atoms with E-state index in [1.807, 2.05) is 19.1 Å². The fraction of sp³-hybridized carbons (Fsp3) is 0.353. The van der Waals surface area contributed by atoms with Crippen LogP contribution in [0.4, 0.5) is 0 Å². The zero-order valence-electron chi connectivity index (χ0n) is 14.1. The third-order valence-corrected chi connectivity index (χ3v) is 3.96. The Labute approximate surface area is 149 Å². The van der Waals surface area contributed by atoms with Gasteiger partial charge in [0.1, 0.15) is 11.6 Å². The summed E-state index contributed by atoms with van der Waals surface area (Å²) in [6.45, 7) is 2.79. The number of hydrogen-bond donors (Lipinski definition) is 1. The lowest BCUT2D eigenvalue weighted by atomic mass is 10.2. The number of fused-ring (bicyclic) bond motifs is 1. The van der Waals surface area contributed by atoms with Crippen LogP contribution in [0, 0.1) is 0 Å². The first-order chi connectivity index (χ1) is 12.0. The normalized spacial score (nSPS) is 11.0. The molecule has 25 heavy (non-hydrogen) atoms. The fourth-order valence-electron chi connectivity index (χ4n) is 2.47. The quantitative estimate of drug-likeness (QED) is 0.697. The number of H-pyrrole nitrogens is 1. The number of carbonyl (C=O) groups excluding carboxylic acids is 1. The number of carbonyl (C=O) groups is 1. The molecule has 132 valence electrons. The van der Waals surface area contributed by atoms with Gasteiger partial charge in [0, 0.05) is 31.0 Å². The van der Waals surface area contributed by atoms with Gasteiger partial charge in [0.25, 0.3) is 5.88 Å². The molecule has 1 aromatic carbocycles. The van der Waals surface area contributed by atoms with Crippen LogP contribution in [0.3, 0.4) is 0 Å². The number of nitrogens with zero attached hydrogens (tertiary/aromatic N) is 3. The van der Waals surface area contributed by atoms with Crippen LogP contribution in [0.1, 0.15) is 24.9 Å². The number of hydrogen-bond acceptors (Lipinski definition) is 5. The zero-order valence-corrected chi connectivity index (χ0v) is 14.8. The molecule has 0 spiro atoms. The van der Waals surface area contributed by atoms with Crippen LogP contribution >= 0.6 is 11.6 Å². The van der Waals surface area contributed by atoms with E-state index in [9.17, 15) is 4.79 Å². The minimum atomic E-state index is -0.00662. The summed E-state index contributed by atoms with van der Waals surface area (Å²) in [5.41, 5.74) is 1.68. The first-order valence-corrected chi connectivity index (χ1v) is 8.39. The third-order valence-electron chi connectivity index (χ3n) is 3.72. The maximum Gasteiger partial charge on any atom is 0.254 e. The van der Waals surface area contributed by atoms with Gasteiger partial charge in [-0.2, -0.15) is 0 Å². The van der Waals surface area contributed by atoms with Crippen molar-refractivity contribution >= 4 is 28.5 Å². The summed E-state index contributed by atoms with van der Waals surface area (Å²) in [6.07, 6.45) is 0.794. The zero-order chi connectivity index (χ0) is 17.8. The van der Waals surface area contributed by atoms with E-state index >= 15 is 0 Å². The van der Waals surface area contributed by atoms with Gasteiger partial charge in [-0.1, -0.05) is 11.6 Å². The van der Waals surface area contributed by atoms with E-state index in [4.69, 9.17) is 20.9 Å². The standard InChI is InChI=1S/C17H19ClN4O3/c1-3-24-16-9-12(25-21-16)5-7-17(23)22(2)10-15-19-13-6-4-11(18)8-14(13)20-15/h4,6,8-9H,3,5,7,10H2,1-2H3,(H,19,20). The molecule has 3 rings (SSSR count). The molecular weight excluding hydrogens is 344 g/mol. The monoisotopic (exact) mass is 362 g/mol. The number of aromatic amines is 1. The van der Waals surface area contributed by atoms with Gasteiger partial charge < -0.3 is 19.1 Å². The van der Waals surface area contributed by atoms with E-state index in [0.29, 0.717) is 48.5 Å². The van der Waals surface area contributed by atoms with Crippen LogP contribution in [0.25, 0.3) is 11.0 Å². The van der Waals surface area contributed by atoms with Crippen LogP contribution in [-0.4, -0.2) is 39.6 Å². The summed E-state index contributed by atoms with van der Waals surface area (Å²) < 4.78 is 10.4. The highest BCUT2D eigenvalue weighted by atomic mass is 35.5. The molecule has 7 nitrogen and oxygen atoms in total. The molecule has 0 atom stereocenters. The molecule has 0 aliphatic rings. The molecule has 0 radical (unpaired) electrons. The number of rotatable bonds is 7. The van der Waals surface area contributed by atoms with Gasteiger partial charge in [0.2, 0.25) is 5.91 Å². The first kappa shape index (κ1) is 17.3. The predicted octanol–water partition coefficient (Wildman–Crippen LogP) is 3.19. The molecule has 0 bridgehead atoms. The Kier molecular flexibility index (Phi) is 5.23. The minimum absolute atomic E-state index is 0.00662. The van der Waals surface area contributed by atoms with Crippen molar-refractivity contribution in [2.45, 2.75) is 26.3 Å². The van der Waals surface area contributed by atoms with Crippen molar-refractivity contribution in [3.05, 3.63) is 40.9 Å². The second-order valence-electron chi connectivity index (χ2n) is 5.66. The van der Waals surface area contributed by atoms with Crippen molar-refractivity contribution < 1.29 is 14.1 Å². The lowest BCUT2D eigenvalue weighted by Gasteiger charge is -2.15. The van der Waals surface area contributed by atoms with Crippen LogP contribution in [-0.2, 0) is 17.8 Å². The molecule has 1 N–H and O–H groups in total. The minimum Gasteiger partial charge on any atom is -0.476 e. The number of aryl methyl sites for hydroxylation is 1. The Morgan fingerprint density at radius 2 is 2.24 bits per heavy atom. The number of amides is 1. The number of benzene rings is 1. The topological polar surface area (TPSA) is 84.2 Å². The van der Waals surface area contributed by atoms with Gasteiger partial charge in [-0.3, -0.25) is 4.79 Å². The molecule has 0 unspecified atom stereocenters. The lowest BCUT2D eigenvalue weighted by Crippen LogP contribution is -2.26. The van der Waals surface area contributed by atoms with Crippen molar-refractivity contribution in [2.24, 2.45) is 0 Å². The highest BCUT2D eigenvalue weighted by Crippen LogP contribution is 2.18. The first-order valence-electron chi connectivity index (χ1n) is 8.01. The molecule has 2 aromatic heterocycles. The van der Waals surface area contributed by atoms with Crippen molar-refractivity contribution in [1.29, 1.82) is 0 Å². The summed E-state index contributed by atoms with van der Waals surface area (Å²) >= 11 is 5.97. The van der Waals surface area contributed by atoms with Crippen LogP contribution in [0.2, 0.25) is 5.02 Å². The molecule has 0 saturated heterocycles. The third kappa shape index (κ3) is 4.30. The van der Waals surface area contributed by atoms with E-state index in [2.05, 4.69) is 15.1 Å². The van der Waals surface area contributed by atoms with Crippen molar-refractivity contribution in [2.75, 3.05) is 13.7 Å². The molecule has 8 heteroatoms. The average Bonchev–Trinajstić information content (AvgIpc) is 3.18. The van der Waals surface area contributed by atoms with E-state index in [1.165, 1.54) is 0 Å². The Morgan fingerprint density at radius 1 is 1.40 bits per heavy atom. The molecule has 0 aliphatic carbocycles. The number of imidazole rings is 1. The Morgan fingerprint density at radius 3 is 3.04 bits per heavy atom. The van der Waals surface area contributed by atoms with E-state index in [1.54, 1.807) is 24.1 Å². The van der Waals surface area contributed by atoms with Crippen LogP contribution in [0.5, 0.6) is 5.88 Å². The average molecular weight is 363 g/mol. The number of aromatic nitrogens is 3. The highest BCUT2D eigenvalue weighted by Gasteiger charge is 2.14. The number of ether oxygens (including phenoxy) is 1. The summed E-state index contributed by atoms with van der Waals surface area (Å²) in [5.74, 6) is 1.78. The van der Waals surface area contributed by atoms with Crippen LogP contribution in [0.15, 0.2) is 28.8 Å². The molecule has 0 aliphatic heterocycles. The second-order valence-corrected chi connectivity index (χ2v) is 6.10. The highest BCUT2D eigenvalue weighted by molar-refractivity contribution is 6.31. The van der Waals surface area contributed by atoms with Crippen molar-refractivity contribution in [3.63, 3.8) is 0 Å².